The van der Waals surface area contributed by atoms with Gasteiger partial charge in [-0.2, -0.15) is 0 Å². The lowest BCUT2D eigenvalue weighted by Gasteiger charge is -2.21. The average molecular weight is 297 g/mol. The molecule has 0 radical (unpaired) electrons. The third-order valence-electron chi connectivity index (χ3n) is 4.09. The van der Waals surface area contributed by atoms with Gasteiger partial charge in [0.25, 0.3) is 5.91 Å². The summed E-state index contributed by atoms with van der Waals surface area (Å²) >= 11 is 0. The van der Waals surface area contributed by atoms with Gasteiger partial charge in [0.05, 0.1) is 7.05 Å². The molecular formula is C19H25N2O+. The molecule has 0 saturated carbocycles. The third kappa shape index (κ3) is 4.43. The Morgan fingerprint density at radius 2 is 1.64 bits per heavy atom. The van der Waals surface area contributed by atoms with Crippen molar-refractivity contribution in [2.24, 2.45) is 0 Å². The fraction of sp³-hybridized carbons (Fsp3) is 0.316. The Kier molecular flexibility index (Phi) is 5.73. The number of anilines is 1. The highest BCUT2D eigenvalue weighted by Gasteiger charge is 2.21. The van der Waals surface area contributed by atoms with Crippen molar-refractivity contribution in [3.05, 3.63) is 65.7 Å². The van der Waals surface area contributed by atoms with Gasteiger partial charge in [0.1, 0.15) is 6.54 Å². The number of carbonyl (C=O) groups is 1. The summed E-state index contributed by atoms with van der Waals surface area (Å²) in [7, 11) is 2.06. The highest BCUT2D eigenvalue weighted by molar-refractivity contribution is 5.93. The molecule has 0 aliphatic rings. The normalized spacial score (nSPS) is 13.4. The maximum Gasteiger partial charge on any atom is 0.282 e. The van der Waals surface area contributed by atoms with Crippen LogP contribution < -0.4 is 10.2 Å². The maximum atomic E-state index is 12.3. The van der Waals surface area contributed by atoms with E-state index < -0.39 is 0 Å². The van der Waals surface area contributed by atoms with Gasteiger partial charge in [0, 0.05) is 11.3 Å². The first-order chi connectivity index (χ1) is 10.6. The molecule has 2 aromatic carbocycles. The van der Waals surface area contributed by atoms with Crippen molar-refractivity contribution in [1.29, 1.82) is 0 Å². The van der Waals surface area contributed by atoms with E-state index in [1.807, 2.05) is 37.3 Å². The first-order valence-electron chi connectivity index (χ1n) is 7.86. The molecular weight excluding hydrogens is 272 g/mol. The highest BCUT2D eigenvalue weighted by Crippen LogP contribution is 2.06. The molecule has 0 fully saturated rings. The molecule has 0 heterocycles. The van der Waals surface area contributed by atoms with Crippen molar-refractivity contribution in [1.82, 2.24) is 0 Å². The van der Waals surface area contributed by atoms with Gasteiger partial charge in [0.15, 0.2) is 6.04 Å². The van der Waals surface area contributed by atoms with Gasteiger partial charge in [-0.25, -0.2) is 0 Å². The Morgan fingerprint density at radius 3 is 2.23 bits per heavy atom. The Labute approximate surface area is 133 Å². The number of para-hydroxylation sites is 1. The van der Waals surface area contributed by atoms with E-state index >= 15 is 0 Å². The number of hydrogen-bond donors (Lipinski definition) is 2. The van der Waals surface area contributed by atoms with Gasteiger partial charge in [-0.05, 0) is 31.0 Å². The molecule has 2 aromatic rings. The predicted molar refractivity (Wildman–Crippen MR) is 90.9 cm³/mol. The first-order valence-corrected chi connectivity index (χ1v) is 7.86. The largest absolute Gasteiger partial charge is 0.324 e. The topological polar surface area (TPSA) is 33.5 Å². The highest BCUT2D eigenvalue weighted by atomic mass is 16.2. The van der Waals surface area contributed by atoms with Crippen LogP contribution in [-0.4, -0.2) is 19.0 Å². The quantitative estimate of drug-likeness (QED) is 0.843. The minimum Gasteiger partial charge on any atom is -0.324 e. The van der Waals surface area contributed by atoms with Crippen LogP contribution in [0, 0.1) is 0 Å². The number of likely N-dealkylation sites (N-methyl/N-ethyl adjacent to an activating group) is 1. The van der Waals surface area contributed by atoms with Crippen molar-refractivity contribution >= 4 is 11.6 Å². The minimum absolute atomic E-state index is 0.0499. The lowest BCUT2D eigenvalue weighted by atomic mass is 10.1. The van der Waals surface area contributed by atoms with E-state index in [2.05, 4.69) is 43.6 Å². The molecule has 3 heteroatoms. The maximum absolute atomic E-state index is 12.3. The van der Waals surface area contributed by atoms with E-state index in [1.54, 1.807) is 0 Å². The second-order valence-electron chi connectivity index (χ2n) is 5.77. The summed E-state index contributed by atoms with van der Waals surface area (Å²) in [5, 5.41) is 2.97. The Balaban J connectivity index is 1.92. The van der Waals surface area contributed by atoms with E-state index in [1.165, 1.54) is 16.0 Å². The lowest BCUT2D eigenvalue weighted by molar-refractivity contribution is -0.907. The fourth-order valence-corrected chi connectivity index (χ4v) is 2.36. The molecule has 1 amide bonds. The second kappa shape index (κ2) is 7.76. The van der Waals surface area contributed by atoms with E-state index in [-0.39, 0.29) is 11.9 Å². The monoisotopic (exact) mass is 297 g/mol. The van der Waals surface area contributed by atoms with E-state index in [0.29, 0.717) is 0 Å². The Morgan fingerprint density at radius 1 is 1.05 bits per heavy atom. The number of carbonyl (C=O) groups excluding carboxylic acids is 1. The minimum atomic E-state index is -0.106. The molecule has 116 valence electrons. The number of quaternary nitrogens is 1. The molecule has 0 aromatic heterocycles. The molecule has 3 nitrogen and oxygen atoms in total. The average Bonchev–Trinajstić information content (AvgIpc) is 2.55. The molecule has 0 bridgehead atoms. The number of nitrogens with one attached hydrogen (secondary N) is 2. The summed E-state index contributed by atoms with van der Waals surface area (Å²) in [6.45, 7) is 4.96. The molecule has 1 unspecified atom stereocenters. The van der Waals surface area contributed by atoms with Crippen LogP contribution in [0.25, 0.3) is 0 Å². The summed E-state index contributed by atoms with van der Waals surface area (Å²) in [6, 6.07) is 18.1. The molecule has 22 heavy (non-hydrogen) atoms. The van der Waals surface area contributed by atoms with Crippen molar-refractivity contribution < 1.29 is 9.69 Å². The zero-order valence-electron chi connectivity index (χ0n) is 13.6. The molecule has 0 spiro atoms. The summed E-state index contributed by atoms with van der Waals surface area (Å²) in [6.07, 6.45) is 1.05. The lowest BCUT2D eigenvalue weighted by Crippen LogP contribution is -3.12. The molecule has 2 N–H and O–H groups in total. The molecule has 0 aliphatic carbocycles. The third-order valence-corrected chi connectivity index (χ3v) is 4.09. The fourth-order valence-electron chi connectivity index (χ4n) is 2.36. The molecule has 2 atom stereocenters. The van der Waals surface area contributed by atoms with Crippen LogP contribution in [-0.2, 0) is 17.8 Å². The first kappa shape index (κ1) is 16.2. The number of benzene rings is 2. The molecule has 2 rings (SSSR count). The standard InChI is InChI=1S/C19H24N2O/c1-4-16-10-12-17(13-11-16)14-21(3)15(2)19(22)20-18-8-6-5-7-9-18/h5-13,15H,4,14H2,1-3H3,(H,20,22)/p+1/t15-/m0/s1. The van der Waals surface area contributed by atoms with Gasteiger partial charge in [0.2, 0.25) is 0 Å². The number of aryl methyl sites for hydroxylation is 1. The summed E-state index contributed by atoms with van der Waals surface area (Å²) < 4.78 is 0. The zero-order chi connectivity index (χ0) is 15.9. The molecule has 0 saturated heterocycles. The summed E-state index contributed by atoms with van der Waals surface area (Å²) in [5.41, 5.74) is 3.45. The number of rotatable bonds is 6. The van der Waals surface area contributed by atoms with Crippen molar-refractivity contribution in [3.63, 3.8) is 0 Å². The van der Waals surface area contributed by atoms with Crippen LogP contribution in [0.3, 0.4) is 0 Å². The summed E-state index contributed by atoms with van der Waals surface area (Å²) in [5.74, 6) is 0.0499. The van der Waals surface area contributed by atoms with Crippen LogP contribution in [0.5, 0.6) is 0 Å². The number of hydrogen-bond acceptors (Lipinski definition) is 1. The van der Waals surface area contributed by atoms with Gasteiger partial charge >= 0.3 is 0 Å². The van der Waals surface area contributed by atoms with Gasteiger partial charge in [-0.1, -0.05) is 49.4 Å². The second-order valence-corrected chi connectivity index (χ2v) is 5.77. The number of amides is 1. The van der Waals surface area contributed by atoms with Crippen LogP contribution in [0.15, 0.2) is 54.6 Å². The van der Waals surface area contributed by atoms with Gasteiger partial charge < -0.3 is 10.2 Å². The van der Waals surface area contributed by atoms with Crippen molar-refractivity contribution in [2.75, 3.05) is 12.4 Å². The van der Waals surface area contributed by atoms with E-state index in [9.17, 15) is 4.79 Å². The Hall–Kier alpha value is -2.13. The van der Waals surface area contributed by atoms with Crippen LogP contribution in [0.4, 0.5) is 5.69 Å². The van der Waals surface area contributed by atoms with Crippen molar-refractivity contribution in [2.45, 2.75) is 32.9 Å². The van der Waals surface area contributed by atoms with Crippen molar-refractivity contribution in [3.8, 4) is 0 Å². The van der Waals surface area contributed by atoms with Crippen LogP contribution in [0.2, 0.25) is 0 Å². The van der Waals surface area contributed by atoms with E-state index in [0.717, 1.165) is 18.7 Å². The zero-order valence-corrected chi connectivity index (χ0v) is 13.6. The van der Waals surface area contributed by atoms with Crippen LogP contribution >= 0.6 is 0 Å². The van der Waals surface area contributed by atoms with Gasteiger partial charge in [-0.15, -0.1) is 0 Å². The molecule has 0 aliphatic heterocycles. The predicted octanol–water partition coefficient (Wildman–Crippen LogP) is 2.29. The van der Waals surface area contributed by atoms with Crippen LogP contribution in [0.1, 0.15) is 25.0 Å². The SMILES string of the molecule is CCc1ccc(C[NH+](C)[C@@H](C)C(=O)Nc2ccccc2)cc1. The van der Waals surface area contributed by atoms with E-state index in [4.69, 9.17) is 0 Å². The smallest absolute Gasteiger partial charge is 0.282 e. The Bertz CT molecular complexity index is 593. The summed E-state index contributed by atoms with van der Waals surface area (Å²) in [4.78, 5) is 13.5. The van der Waals surface area contributed by atoms with Gasteiger partial charge in [-0.3, -0.25) is 4.79 Å².